The number of rotatable bonds is 2. The highest BCUT2D eigenvalue weighted by molar-refractivity contribution is 9.10. The van der Waals surface area contributed by atoms with E-state index in [4.69, 9.17) is 11.6 Å². The second-order valence-electron chi connectivity index (χ2n) is 3.16. The minimum Gasteiger partial charge on any atom is -0.206 e. The van der Waals surface area contributed by atoms with Crippen molar-refractivity contribution < 1.29 is 4.39 Å². The van der Waals surface area contributed by atoms with Gasteiger partial charge in [0.25, 0.3) is 0 Å². The molecule has 1 atom stereocenters. The molecule has 0 amide bonds. The summed E-state index contributed by atoms with van der Waals surface area (Å²) in [5, 5.41) is 8.88. The van der Waals surface area contributed by atoms with Gasteiger partial charge >= 0.3 is 0 Å². The second-order valence-corrected chi connectivity index (χ2v) is 5.68. The fraction of sp³-hybridized carbons (Fsp3) is 0.200. The molecule has 1 unspecified atom stereocenters. The van der Waals surface area contributed by atoms with E-state index < -0.39 is 0 Å². The molecule has 0 radical (unpaired) electrons. The number of halogens is 3. The Hall–Kier alpha value is -0.520. The first-order valence-electron chi connectivity index (χ1n) is 4.51. The summed E-state index contributed by atoms with van der Waals surface area (Å²) in [5.41, 5.74) is 0.434. The Bertz CT molecular complexity index is 495. The third kappa shape index (κ3) is 2.26. The quantitative estimate of drug-likeness (QED) is 0.766. The van der Waals surface area contributed by atoms with Crippen LogP contribution in [0.1, 0.15) is 17.3 Å². The summed E-state index contributed by atoms with van der Waals surface area (Å²) < 4.78 is 14.3. The molecule has 1 aromatic heterocycles. The predicted molar refractivity (Wildman–Crippen MR) is 67.3 cm³/mol. The first-order valence-corrected chi connectivity index (χ1v) is 6.56. The largest absolute Gasteiger partial charge is 0.206 e. The number of hydrogen-bond acceptors (Lipinski definition) is 3. The summed E-state index contributed by atoms with van der Waals surface area (Å²) in [5.74, 6) is -0.320. The summed E-state index contributed by atoms with van der Waals surface area (Å²) in [6, 6.07) is 4.80. The average molecular weight is 322 g/mol. The molecule has 1 aromatic carbocycles. The molecule has 0 aliphatic carbocycles. The van der Waals surface area contributed by atoms with Crippen LogP contribution in [0.25, 0.3) is 10.6 Å². The van der Waals surface area contributed by atoms with Crippen LogP contribution in [0.2, 0.25) is 0 Å². The van der Waals surface area contributed by atoms with E-state index in [1.165, 1.54) is 17.4 Å². The lowest BCUT2D eigenvalue weighted by molar-refractivity contribution is 0.630. The van der Waals surface area contributed by atoms with Crippen molar-refractivity contribution in [2.24, 2.45) is 0 Å². The summed E-state index contributed by atoms with van der Waals surface area (Å²) in [6.45, 7) is 1.81. The van der Waals surface area contributed by atoms with Crippen molar-refractivity contribution in [3.8, 4) is 10.6 Å². The number of hydrogen-bond donors (Lipinski definition) is 0. The topological polar surface area (TPSA) is 25.8 Å². The van der Waals surface area contributed by atoms with Crippen molar-refractivity contribution in [1.29, 1.82) is 0 Å². The highest BCUT2D eigenvalue weighted by Crippen LogP contribution is 2.35. The molecule has 2 nitrogen and oxygen atoms in total. The molecule has 0 N–H and O–H groups in total. The highest BCUT2D eigenvalue weighted by atomic mass is 79.9. The van der Waals surface area contributed by atoms with Gasteiger partial charge < -0.3 is 0 Å². The van der Waals surface area contributed by atoms with Gasteiger partial charge in [0.15, 0.2) is 5.01 Å². The van der Waals surface area contributed by atoms with Crippen molar-refractivity contribution in [2.75, 3.05) is 0 Å². The van der Waals surface area contributed by atoms with Gasteiger partial charge in [-0.3, -0.25) is 0 Å². The van der Waals surface area contributed by atoms with Crippen LogP contribution in [-0.4, -0.2) is 10.2 Å². The molecule has 0 saturated carbocycles. The van der Waals surface area contributed by atoms with E-state index in [-0.39, 0.29) is 11.2 Å². The van der Waals surface area contributed by atoms with Gasteiger partial charge in [-0.25, -0.2) is 4.39 Å². The van der Waals surface area contributed by atoms with Gasteiger partial charge in [0, 0.05) is 4.47 Å². The van der Waals surface area contributed by atoms with Crippen LogP contribution >= 0.6 is 38.9 Å². The number of aromatic nitrogens is 2. The van der Waals surface area contributed by atoms with Crippen molar-refractivity contribution in [3.05, 3.63) is 33.5 Å². The van der Waals surface area contributed by atoms with E-state index in [9.17, 15) is 4.39 Å². The van der Waals surface area contributed by atoms with Crippen LogP contribution in [0.15, 0.2) is 22.7 Å². The van der Waals surface area contributed by atoms with Crippen LogP contribution < -0.4 is 0 Å². The molecule has 0 aliphatic heterocycles. The lowest BCUT2D eigenvalue weighted by Gasteiger charge is -2.00. The first-order chi connectivity index (χ1) is 7.59. The maximum absolute atomic E-state index is 13.6. The zero-order chi connectivity index (χ0) is 11.7. The standard InChI is InChI=1S/C10H7BrClFN2S/c1-5(12)9-14-15-10(16-9)8-6(11)3-2-4-7(8)13/h2-5H,1H3. The molecule has 0 aliphatic rings. The summed E-state index contributed by atoms with van der Waals surface area (Å²) in [6.07, 6.45) is 0. The number of benzene rings is 1. The van der Waals surface area contributed by atoms with Gasteiger partial charge in [-0.05, 0) is 35.0 Å². The zero-order valence-electron chi connectivity index (χ0n) is 8.25. The molecule has 0 bridgehead atoms. The first kappa shape index (κ1) is 12.0. The zero-order valence-corrected chi connectivity index (χ0v) is 11.4. The molecule has 1 heterocycles. The van der Waals surface area contributed by atoms with Gasteiger partial charge in [-0.15, -0.1) is 21.8 Å². The fourth-order valence-electron chi connectivity index (χ4n) is 1.20. The minimum absolute atomic E-state index is 0.211. The lowest BCUT2D eigenvalue weighted by atomic mass is 10.2. The van der Waals surface area contributed by atoms with Gasteiger partial charge in [0.1, 0.15) is 10.8 Å². The fourth-order valence-corrected chi connectivity index (χ4v) is 2.87. The van der Waals surface area contributed by atoms with E-state index >= 15 is 0 Å². The van der Waals surface area contributed by atoms with Crippen LogP contribution in [0.4, 0.5) is 4.39 Å². The van der Waals surface area contributed by atoms with E-state index in [2.05, 4.69) is 26.1 Å². The van der Waals surface area contributed by atoms with Gasteiger partial charge in [0.2, 0.25) is 0 Å². The maximum atomic E-state index is 13.6. The van der Waals surface area contributed by atoms with Gasteiger partial charge in [0.05, 0.1) is 10.9 Å². The normalized spacial score (nSPS) is 12.8. The van der Waals surface area contributed by atoms with Crippen molar-refractivity contribution in [1.82, 2.24) is 10.2 Å². The Kier molecular flexibility index (Phi) is 3.56. The third-order valence-electron chi connectivity index (χ3n) is 1.96. The lowest BCUT2D eigenvalue weighted by Crippen LogP contribution is -1.85. The molecular weight excluding hydrogens is 315 g/mol. The maximum Gasteiger partial charge on any atom is 0.151 e. The Labute approximate surface area is 110 Å². The van der Waals surface area contributed by atoms with E-state index in [0.717, 1.165) is 0 Å². The Morgan fingerprint density at radius 3 is 2.75 bits per heavy atom. The molecule has 0 spiro atoms. The SMILES string of the molecule is CC(Cl)c1nnc(-c2c(F)cccc2Br)s1. The number of nitrogens with zero attached hydrogens (tertiary/aromatic N) is 2. The van der Waals surface area contributed by atoms with Crippen molar-refractivity contribution in [3.63, 3.8) is 0 Å². The van der Waals surface area contributed by atoms with E-state index in [1.807, 2.05) is 6.92 Å². The molecule has 2 rings (SSSR count). The molecular formula is C10H7BrClFN2S. The Morgan fingerprint density at radius 1 is 1.44 bits per heavy atom. The smallest absolute Gasteiger partial charge is 0.151 e. The van der Waals surface area contributed by atoms with Gasteiger partial charge in [-0.1, -0.05) is 17.4 Å². The Balaban J connectivity index is 2.50. The summed E-state index contributed by atoms with van der Waals surface area (Å²) in [4.78, 5) is 0. The molecule has 16 heavy (non-hydrogen) atoms. The monoisotopic (exact) mass is 320 g/mol. The van der Waals surface area contributed by atoms with E-state index in [1.54, 1.807) is 12.1 Å². The van der Waals surface area contributed by atoms with Crippen LogP contribution in [-0.2, 0) is 0 Å². The van der Waals surface area contributed by atoms with Crippen LogP contribution in [0.3, 0.4) is 0 Å². The minimum atomic E-state index is -0.320. The number of alkyl halides is 1. The average Bonchev–Trinajstić information content (AvgIpc) is 2.66. The van der Waals surface area contributed by atoms with Gasteiger partial charge in [-0.2, -0.15) is 0 Å². The summed E-state index contributed by atoms with van der Waals surface area (Å²) >= 11 is 10.5. The molecule has 84 valence electrons. The molecule has 0 saturated heterocycles. The molecule has 2 aromatic rings. The van der Waals surface area contributed by atoms with Crippen molar-refractivity contribution >= 4 is 38.9 Å². The second kappa shape index (κ2) is 4.77. The van der Waals surface area contributed by atoms with E-state index in [0.29, 0.717) is 20.1 Å². The summed E-state index contributed by atoms with van der Waals surface area (Å²) in [7, 11) is 0. The van der Waals surface area contributed by atoms with Crippen LogP contribution in [0.5, 0.6) is 0 Å². The van der Waals surface area contributed by atoms with Crippen LogP contribution in [0, 0.1) is 5.82 Å². The predicted octanol–water partition coefficient (Wildman–Crippen LogP) is 4.41. The molecule has 0 fully saturated rings. The van der Waals surface area contributed by atoms with Crippen molar-refractivity contribution in [2.45, 2.75) is 12.3 Å². The molecule has 6 heteroatoms. The Morgan fingerprint density at radius 2 is 2.19 bits per heavy atom. The highest BCUT2D eigenvalue weighted by Gasteiger charge is 2.16. The third-order valence-corrected chi connectivity index (χ3v) is 4.08.